The van der Waals surface area contributed by atoms with E-state index in [1.165, 1.54) is 97.0 Å². The summed E-state index contributed by atoms with van der Waals surface area (Å²) in [6.45, 7) is 9.39. The molecule has 1 aliphatic rings. The van der Waals surface area contributed by atoms with Gasteiger partial charge in [0.1, 0.15) is 0 Å². The van der Waals surface area contributed by atoms with Gasteiger partial charge in [-0.3, -0.25) is 0 Å². The van der Waals surface area contributed by atoms with E-state index in [1.807, 2.05) is 11.3 Å². The van der Waals surface area contributed by atoms with Gasteiger partial charge in [-0.1, -0.05) is 159 Å². The Labute approximate surface area is 310 Å². The summed E-state index contributed by atoms with van der Waals surface area (Å²) in [5.74, 6) is 0. The minimum absolute atomic E-state index is 0.0744. The number of hydrogen-bond donors (Lipinski definition) is 0. The minimum atomic E-state index is -0.0744. The highest BCUT2D eigenvalue weighted by Crippen LogP contribution is 2.48. The van der Waals surface area contributed by atoms with Crippen LogP contribution in [0.5, 0.6) is 0 Å². The Balaban J connectivity index is 1.12. The fourth-order valence-electron chi connectivity index (χ4n) is 8.73. The third-order valence-corrected chi connectivity index (χ3v) is 12.5. The molecule has 1 aromatic heterocycles. The molecule has 0 saturated heterocycles. The van der Waals surface area contributed by atoms with Gasteiger partial charge < -0.3 is 0 Å². The fourth-order valence-corrected chi connectivity index (χ4v) is 9.86. The molecule has 0 radical (unpaired) electrons. The van der Waals surface area contributed by atoms with E-state index in [1.54, 1.807) is 0 Å². The molecular formula is C51H42S. The standard InChI is InChI=1S/C51H42S/c1-33(16-8-9-19-35-17-6-5-7-18-35)48-40-21-10-12-23-42(40)49(43-24-13-11-22-41(43)48)34(2)26-29-38-30-37-28-27-36-31-47-45(32-44(36)50(37)51(38,3)4)39-20-14-15-25-46(39)52-47/h5-18,20-29,31-32H,19,30H2,1-4H3/b9-8-,33-16+,34-26+,38-29+. The maximum Gasteiger partial charge on any atom is 0.0361 e. The van der Waals surface area contributed by atoms with Gasteiger partial charge in [0.05, 0.1) is 0 Å². The highest BCUT2D eigenvalue weighted by molar-refractivity contribution is 7.25. The van der Waals surface area contributed by atoms with E-state index in [0.717, 1.165) is 12.8 Å². The van der Waals surface area contributed by atoms with E-state index >= 15 is 0 Å². The second kappa shape index (κ2) is 12.9. The lowest BCUT2D eigenvalue weighted by atomic mass is 9.80. The maximum absolute atomic E-state index is 2.48. The van der Waals surface area contributed by atoms with Crippen LogP contribution in [0, 0.1) is 0 Å². The van der Waals surface area contributed by atoms with E-state index in [9.17, 15) is 0 Å². The Bertz CT molecular complexity index is 2760. The topological polar surface area (TPSA) is 0 Å². The smallest absolute Gasteiger partial charge is 0.0361 e. The first-order valence-corrected chi connectivity index (χ1v) is 19.3. The molecule has 0 fully saturated rings. The molecular weight excluding hydrogens is 645 g/mol. The van der Waals surface area contributed by atoms with Gasteiger partial charge in [0.15, 0.2) is 0 Å². The summed E-state index contributed by atoms with van der Waals surface area (Å²) in [6.07, 6.45) is 13.5. The van der Waals surface area contributed by atoms with Crippen LogP contribution in [0.15, 0.2) is 163 Å². The van der Waals surface area contributed by atoms with Gasteiger partial charge in [0.25, 0.3) is 0 Å². The summed E-state index contributed by atoms with van der Waals surface area (Å²) in [6, 6.07) is 47.0. The molecule has 0 nitrogen and oxygen atoms in total. The first kappa shape index (κ1) is 32.4. The highest BCUT2D eigenvalue weighted by Gasteiger charge is 2.36. The normalized spacial score (nSPS) is 15.7. The van der Waals surface area contributed by atoms with Crippen molar-refractivity contribution < 1.29 is 0 Å². The van der Waals surface area contributed by atoms with Crippen molar-refractivity contribution >= 4 is 75.0 Å². The first-order chi connectivity index (χ1) is 25.4. The molecule has 1 heterocycles. The monoisotopic (exact) mass is 686 g/mol. The third-order valence-electron chi connectivity index (χ3n) is 11.3. The average Bonchev–Trinajstić information content (AvgIpc) is 3.66. The molecule has 0 unspecified atom stereocenters. The van der Waals surface area contributed by atoms with Crippen LogP contribution in [0.4, 0.5) is 0 Å². The second-order valence-corrected chi connectivity index (χ2v) is 16.0. The van der Waals surface area contributed by atoms with Gasteiger partial charge >= 0.3 is 0 Å². The first-order valence-electron chi connectivity index (χ1n) is 18.5. The summed E-state index contributed by atoms with van der Waals surface area (Å²) in [7, 11) is 0. The second-order valence-electron chi connectivity index (χ2n) is 14.9. The largest absolute Gasteiger partial charge is 0.135 e. The Morgan fingerprint density at radius 3 is 1.87 bits per heavy atom. The van der Waals surface area contributed by atoms with Gasteiger partial charge in [-0.15, -0.1) is 11.3 Å². The van der Waals surface area contributed by atoms with Crippen LogP contribution < -0.4 is 0 Å². The van der Waals surface area contributed by atoms with Crippen LogP contribution in [-0.2, 0) is 18.3 Å². The molecule has 0 bridgehead atoms. The SMILES string of the molecule is C/C(=C\C=C/Cc1ccccc1)c1c2ccccc2c(/C(C)=C/C=C2\Cc3ccc4cc5sc6ccccc6c5cc4c3C2(C)C)c2ccccc12. The van der Waals surface area contributed by atoms with E-state index < -0.39 is 0 Å². The summed E-state index contributed by atoms with van der Waals surface area (Å²) in [5, 5.41) is 10.7. The molecule has 0 atom stereocenters. The Morgan fingerprint density at radius 1 is 0.596 bits per heavy atom. The zero-order valence-corrected chi connectivity index (χ0v) is 31.2. The molecule has 1 aliphatic carbocycles. The summed E-state index contributed by atoms with van der Waals surface area (Å²) >= 11 is 1.90. The van der Waals surface area contributed by atoms with Crippen molar-refractivity contribution in [2.24, 2.45) is 0 Å². The Morgan fingerprint density at radius 2 is 1.19 bits per heavy atom. The van der Waals surface area contributed by atoms with Gasteiger partial charge in [0.2, 0.25) is 0 Å². The van der Waals surface area contributed by atoms with Crippen molar-refractivity contribution in [2.75, 3.05) is 0 Å². The predicted molar refractivity (Wildman–Crippen MR) is 230 cm³/mol. The van der Waals surface area contributed by atoms with Crippen molar-refractivity contribution in [1.29, 1.82) is 0 Å². The summed E-state index contributed by atoms with van der Waals surface area (Å²) < 4.78 is 2.73. The maximum atomic E-state index is 2.48. The Hall–Kier alpha value is -5.50. The van der Waals surface area contributed by atoms with Crippen LogP contribution in [0.3, 0.4) is 0 Å². The zero-order chi connectivity index (χ0) is 35.4. The van der Waals surface area contributed by atoms with Crippen molar-refractivity contribution in [1.82, 2.24) is 0 Å². The van der Waals surface area contributed by atoms with E-state index in [2.05, 4.69) is 185 Å². The highest BCUT2D eigenvalue weighted by atomic mass is 32.1. The van der Waals surface area contributed by atoms with E-state index in [-0.39, 0.29) is 5.41 Å². The van der Waals surface area contributed by atoms with Gasteiger partial charge in [-0.2, -0.15) is 0 Å². The van der Waals surface area contributed by atoms with Crippen molar-refractivity contribution in [3.05, 3.63) is 191 Å². The number of benzene rings is 7. The van der Waals surface area contributed by atoms with Crippen LogP contribution in [0.25, 0.3) is 63.6 Å². The van der Waals surface area contributed by atoms with Gasteiger partial charge in [0, 0.05) is 25.6 Å². The molecule has 52 heavy (non-hydrogen) atoms. The quantitative estimate of drug-likeness (QED) is 0.121. The Kier molecular flexibility index (Phi) is 8.05. The minimum Gasteiger partial charge on any atom is -0.135 e. The molecule has 9 rings (SSSR count). The molecule has 7 aromatic carbocycles. The van der Waals surface area contributed by atoms with E-state index in [0.29, 0.717) is 0 Å². The van der Waals surface area contributed by atoms with Crippen LogP contribution in [-0.4, -0.2) is 0 Å². The molecule has 8 aromatic rings. The van der Waals surface area contributed by atoms with E-state index in [4.69, 9.17) is 0 Å². The zero-order valence-electron chi connectivity index (χ0n) is 30.3. The van der Waals surface area contributed by atoms with Crippen molar-refractivity contribution in [3.63, 3.8) is 0 Å². The van der Waals surface area contributed by atoms with Crippen LogP contribution >= 0.6 is 11.3 Å². The number of fused-ring (bicyclic) bond motifs is 8. The summed E-state index contributed by atoms with van der Waals surface area (Å²) in [4.78, 5) is 0. The number of hydrogen-bond acceptors (Lipinski definition) is 1. The summed E-state index contributed by atoms with van der Waals surface area (Å²) in [5.41, 5.74) is 10.9. The van der Waals surface area contributed by atoms with Crippen molar-refractivity contribution in [3.8, 4) is 0 Å². The molecule has 252 valence electrons. The molecule has 0 N–H and O–H groups in total. The van der Waals surface area contributed by atoms with Crippen LogP contribution in [0.2, 0.25) is 0 Å². The third kappa shape index (κ3) is 5.43. The molecule has 0 amide bonds. The lowest BCUT2D eigenvalue weighted by Gasteiger charge is -2.24. The number of allylic oxidation sites excluding steroid dienone is 8. The number of rotatable bonds is 6. The fraction of sp³-hybridized carbons (Fsp3) is 0.137. The van der Waals surface area contributed by atoms with Crippen molar-refractivity contribution in [2.45, 2.75) is 46.0 Å². The molecule has 0 spiro atoms. The molecule has 0 aliphatic heterocycles. The lowest BCUT2D eigenvalue weighted by molar-refractivity contribution is 0.649. The predicted octanol–water partition coefficient (Wildman–Crippen LogP) is 14.6. The number of thiophene rings is 1. The van der Waals surface area contributed by atoms with Gasteiger partial charge in [-0.05, 0) is 116 Å². The lowest BCUT2D eigenvalue weighted by Crippen LogP contribution is -2.15. The molecule has 0 saturated carbocycles. The molecule has 1 heteroatoms. The van der Waals surface area contributed by atoms with Crippen LogP contribution in [0.1, 0.15) is 55.5 Å². The average molecular weight is 687 g/mol. The van der Waals surface area contributed by atoms with Gasteiger partial charge in [-0.25, -0.2) is 0 Å².